The molecule has 1 amide bonds. The third-order valence-corrected chi connectivity index (χ3v) is 7.39. The number of fused-ring (bicyclic) bond motifs is 1. The molecule has 0 unspecified atom stereocenters. The lowest BCUT2D eigenvalue weighted by molar-refractivity contribution is -0.122. The second-order valence-electron chi connectivity index (χ2n) is 6.71. The summed E-state index contributed by atoms with van der Waals surface area (Å²) in [6.45, 7) is 4.90. The number of benzene rings is 1. The molecule has 0 radical (unpaired) electrons. The number of sulfonamides is 1. The highest BCUT2D eigenvalue weighted by atomic mass is 32.2. The van der Waals surface area contributed by atoms with Crippen LogP contribution in [0, 0.1) is 19.8 Å². The van der Waals surface area contributed by atoms with Gasteiger partial charge < -0.3 is 4.57 Å². The van der Waals surface area contributed by atoms with E-state index in [0.717, 1.165) is 15.8 Å². The third kappa shape index (κ3) is 3.56. The first-order valence-electron chi connectivity index (χ1n) is 8.28. The molecular weight excluding hydrogens is 358 g/mol. The zero-order valence-electron chi connectivity index (χ0n) is 14.9. The maximum atomic E-state index is 12.6. The number of hydrogen-bond donors (Lipinski definition) is 0. The molecule has 6 nitrogen and oxygen atoms in total. The van der Waals surface area contributed by atoms with E-state index in [1.807, 2.05) is 11.6 Å². The number of aryl methyl sites for hydroxylation is 3. The standard InChI is InChI=1S/C17H23N3O3S2/c1-11-5-6-12(2)15-14(11)19(3)17(24-15)18-16(21)13-7-9-20(10-8-13)25(4,22)23/h5-6,13H,7-10H2,1-4H3. The number of thiazole rings is 1. The average molecular weight is 382 g/mol. The predicted molar refractivity (Wildman–Crippen MR) is 100.0 cm³/mol. The van der Waals surface area contributed by atoms with Crippen LogP contribution < -0.4 is 4.80 Å². The lowest BCUT2D eigenvalue weighted by Gasteiger charge is -2.28. The van der Waals surface area contributed by atoms with Gasteiger partial charge in [-0.05, 0) is 37.8 Å². The van der Waals surface area contributed by atoms with Crippen LogP contribution in [0.2, 0.25) is 0 Å². The van der Waals surface area contributed by atoms with Crippen LogP contribution in [0.25, 0.3) is 10.2 Å². The number of rotatable bonds is 2. The summed E-state index contributed by atoms with van der Waals surface area (Å²) in [7, 11) is -1.24. The van der Waals surface area contributed by atoms with Crippen LogP contribution in [0.5, 0.6) is 0 Å². The Morgan fingerprint density at radius 1 is 1.20 bits per heavy atom. The molecule has 25 heavy (non-hydrogen) atoms. The molecule has 0 aliphatic carbocycles. The highest BCUT2D eigenvalue weighted by Crippen LogP contribution is 2.25. The van der Waals surface area contributed by atoms with Crippen molar-refractivity contribution in [3.8, 4) is 0 Å². The molecule has 2 aromatic rings. The van der Waals surface area contributed by atoms with Crippen LogP contribution in [-0.2, 0) is 21.9 Å². The Morgan fingerprint density at radius 3 is 2.36 bits per heavy atom. The van der Waals surface area contributed by atoms with Crippen molar-refractivity contribution in [3.05, 3.63) is 28.1 Å². The minimum atomic E-state index is -3.18. The Balaban J connectivity index is 1.88. The van der Waals surface area contributed by atoms with E-state index in [0.29, 0.717) is 30.7 Å². The van der Waals surface area contributed by atoms with E-state index < -0.39 is 10.0 Å². The maximum Gasteiger partial charge on any atom is 0.251 e. The highest BCUT2D eigenvalue weighted by Gasteiger charge is 2.28. The van der Waals surface area contributed by atoms with E-state index in [1.165, 1.54) is 27.5 Å². The van der Waals surface area contributed by atoms with E-state index in [1.54, 1.807) is 0 Å². The number of carbonyl (C=O) groups is 1. The first kappa shape index (κ1) is 18.3. The summed E-state index contributed by atoms with van der Waals surface area (Å²) >= 11 is 1.53. The van der Waals surface area contributed by atoms with Crippen molar-refractivity contribution in [2.75, 3.05) is 19.3 Å². The third-order valence-electron chi connectivity index (χ3n) is 4.82. The quantitative estimate of drug-likeness (QED) is 0.798. The highest BCUT2D eigenvalue weighted by molar-refractivity contribution is 7.88. The summed E-state index contributed by atoms with van der Waals surface area (Å²) in [6, 6.07) is 4.16. The molecule has 1 aliphatic heterocycles. The topological polar surface area (TPSA) is 71.7 Å². The van der Waals surface area contributed by atoms with E-state index >= 15 is 0 Å². The van der Waals surface area contributed by atoms with Gasteiger partial charge in [0.15, 0.2) is 4.80 Å². The Labute approximate surface area is 151 Å². The number of nitrogens with zero attached hydrogens (tertiary/aromatic N) is 3. The van der Waals surface area contributed by atoms with Gasteiger partial charge in [0.05, 0.1) is 16.5 Å². The Bertz CT molecular complexity index is 994. The molecule has 0 N–H and O–H groups in total. The van der Waals surface area contributed by atoms with Crippen LogP contribution in [0.3, 0.4) is 0 Å². The number of aromatic nitrogens is 1. The minimum Gasteiger partial charge on any atom is -0.319 e. The summed E-state index contributed by atoms with van der Waals surface area (Å²) in [5.41, 5.74) is 3.45. The second kappa shape index (κ2) is 6.66. The minimum absolute atomic E-state index is 0.148. The summed E-state index contributed by atoms with van der Waals surface area (Å²) in [4.78, 5) is 17.6. The molecule has 1 aromatic heterocycles. The van der Waals surface area contributed by atoms with Gasteiger partial charge >= 0.3 is 0 Å². The molecule has 8 heteroatoms. The van der Waals surface area contributed by atoms with E-state index in [9.17, 15) is 13.2 Å². The van der Waals surface area contributed by atoms with Crippen LogP contribution in [0.4, 0.5) is 0 Å². The fraction of sp³-hybridized carbons (Fsp3) is 0.529. The fourth-order valence-electron chi connectivity index (χ4n) is 3.29. The first-order valence-corrected chi connectivity index (χ1v) is 10.9. The molecular formula is C17H23N3O3S2. The Morgan fingerprint density at radius 2 is 1.80 bits per heavy atom. The van der Waals surface area contributed by atoms with Crippen molar-refractivity contribution in [1.82, 2.24) is 8.87 Å². The first-order chi connectivity index (χ1) is 11.7. The summed E-state index contributed by atoms with van der Waals surface area (Å²) in [6.07, 6.45) is 2.27. The van der Waals surface area contributed by atoms with E-state index in [-0.39, 0.29) is 11.8 Å². The molecule has 1 aromatic carbocycles. The van der Waals surface area contributed by atoms with Gasteiger partial charge in [-0.1, -0.05) is 23.5 Å². The van der Waals surface area contributed by atoms with Crippen molar-refractivity contribution in [3.63, 3.8) is 0 Å². The largest absolute Gasteiger partial charge is 0.319 e. The van der Waals surface area contributed by atoms with Gasteiger partial charge in [0.25, 0.3) is 5.91 Å². The Hall–Kier alpha value is -1.51. The van der Waals surface area contributed by atoms with Gasteiger partial charge in [0.1, 0.15) is 0 Å². The molecule has 2 heterocycles. The number of hydrogen-bond acceptors (Lipinski definition) is 4. The van der Waals surface area contributed by atoms with Crippen LogP contribution in [0.15, 0.2) is 17.1 Å². The lowest BCUT2D eigenvalue weighted by atomic mass is 9.98. The van der Waals surface area contributed by atoms with Crippen molar-refractivity contribution < 1.29 is 13.2 Å². The maximum absolute atomic E-state index is 12.6. The molecule has 1 aliphatic rings. The predicted octanol–water partition coefficient (Wildman–Crippen LogP) is 1.96. The Kier molecular flexibility index (Phi) is 4.87. The second-order valence-corrected chi connectivity index (χ2v) is 9.67. The monoisotopic (exact) mass is 381 g/mol. The van der Waals surface area contributed by atoms with Crippen LogP contribution in [0.1, 0.15) is 24.0 Å². The lowest BCUT2D eigenvalue weighted by Crippen LogP contribution is -2.39. The molecule has 3 rings (SSSR count). The van der Waals surface area contributed by atoms with Gasteiger partial charge in [-0.25, -0.2) is 12.7 Å². The smallest absolute Gasteiger partial charge is 0.251 e. The number of amides is 1. The van der Waals surface area contributed by atoms with Crippen LogP contribution in [-0.4, -0.2) is 42.5 Å². The van der Waals surface area contributed by atoms with Gasteiger partial charge in [0.2, 0.25) is 10.0 Å². The van der Waals surface area contributed by atoms with Crippen molar-refractivity contribution in [1.29, 1.82) is 0 Å². The van der Waals surface area contributed by atoms with Gasteiger partial charge in [0, 0.05) is 26.1 Å². The van der Waals surface area contributed by atoms with Gasteiger partial charge in [-0.2, -0.15) is 4.99 Å². The molecule has 0 spiro atoms. The molecule has 0 saturated carbocycles. The summed E-state index contributed by atoms with van der Waals surface area (Å²) < 4.78 is 27.7. The molecule has 1 saturated heterocycles. The van der Waals surface area contributed by atoms with Crippen molar-refractivity contribution in [2.24, 2.45) is 18.0 Å². The molecule has 1 fully saturated rings. The van der Waals surface area contributed by atoms with Gasteiger partial charge in [-0.3, -0.25) is 4.79 Å². The van der Waals surface area contributed by atoms with Crippen LogP contribution >= 0.6 is 11.3 Å². The zero-order valence-corrected chi connectivity index (χ0v) is 16.6. The number of piperidine rings is 1. The van der Waals surface area contributed by atoms with E-state index in [2.05, 4.69) is 31.0 Å². The van der Waals surface area contributed by atoms with Gasteiger partial charge in [-0.15, -0.1) is 0 Å². The summed E-state index contributed by atoms with van der Waals surface area (Å²) in [5.74, 6) is -0.351. The summed E-state index contributed by atoms with van der Waals surface area (Å²) in [5, 5.41) is 0. The SMILES string of the molecule is Cc1ccc(C)c2c1sc(=NC(=O)C1CCN(S(C)(=O)=O)CC1)n2C. The molecule has 0 atom stereocenters. The van der Waals surface area contributed by atoms with E-state index in [4.69, 9.17) is 0 Å². The normalized spacial score (nSPS) is 18.2. The fourth-order valence-corrected chi connectivity index (χ4v) is 5.33. The molecule has 0 bridgehead atoms. The number of carbonyl (C=O) groups excluding carboxylic acids is 1. The van der Waals surface area contributed by atoms with Crippen molar-refractivity contribution in [2.45, 2.75) is 26.7 Å². The molecule has 136 valence electrons. The van der Waals surface area contributed by atoms with Crippen molar-refractivity contribution >= 4 is 37.5 Å². The average Bonchev–Trinajstić information content (AvgIpc) is 2.88. The zero-order chi connectivity index (χ0) is 18.4.